The highest BCUT2D eigenvalue weighted by atomic mass is 16.5. The summed E-state index contributed by atoms with van der Waals surface area (Å²) in [4.78, 5) is 0. The van der Waals surface area contributed by atoms with Crippen molar-refractivity contribution in [1.29, 1.82) is 0 Å². The second-order valence-corrected chi connectivity index (χ2v) is 6.40. The van der Waals surface area contributed by atoms with E-state index in [1.807, 2.05) is 48.5 Å². The van der Waals surface area contributed by atoms with Gasteiger partial charge in [-0.1, -0.05) is 43.3 Å². The number of benzene rings is 3. The molecule has 0 spiro atoms. The van der Waals surface area contributed by atoms with Gasteiger partial charge in [-0.2, -0.15) is 0 Å². The Morgan fingerprint density at radius 2 is 1.18 bits per heavy atom. The quantitative estimate of drug-likeness (QED) is 0.516. The maximum absolute atomic E-state index is 9.68. The summed E-state index contributed by atoms with van der Waals surface area (Å²) in [6, 6.07) is 22.1. The third-order valence-corrected chi connectivity index (χ3v) is 4.53. The summed E-state index contributed by atoms with van der Waals surface area (Å²) in [5.74, 6) is 1.15. The normalized spacial score (nSPS) is 10.5. The number of allylic oxidation sites excluding steroid dienone is 1. The number of aliphatic hydroxyl groups excluding tert-OH is 1. The monoisotopic (exact) mass is 376 g/mol. The number of aromatic hydroxyl groups is 2. The van der Waals surface area contributed by atoms with Gasteiger partial charge in [0.1, 0.15) is 23.9 Å². The lowest BCUT2D eigenvalue weighted by Gasteiger charge is -2.17. The Labute approximate surface area is 165 Å². The number of phenolic OH excluding ortho intramolecular Hbond substituents is 2. The maximum atomic E-state index is 9.68. The van der Waals surface area contributed by atoms with Crippen LogP contribution in [0.3, 0.4) is 0 Å². The molecule has 4 heteroatoms. The van der Waals surface area contributed by atoms with E-state index in [1.54, 1.807) is 24.3 Å². The molecule has 28 heavy (non-hydrogen) atoms. The van der Waals surface area contributed by atoms with Gasteiger partial charge < -0.3 is 20.1 Å². The molecule has 0 aromatic heterocycles. The van der Waals surface area contributed by atoms with Crippen LogP contribution in [0.2, 0.25) is 0 Å². The molecule has 3 rings (SSSR count). The summed E-state index contributed by atoms with van der Waals surface area (Å²) in [6.07, 6.45) is 0.800. The highest BCUT2D eigenvalue weighted by molar-refractivity contribution is 5.98. The van der Waals surface area contributed by atoms with Gasteiger partial charge in [-0.25, -0.2) is 0 Å². The number of ether oxygens (including phenoxy) is 1. The predicted molar refractivity (Wildman–Crippen MR) is 111 cm³/mol. The third kappa shape index (κ3) is 4.53. The van der Waals surface area contributed by atoms with E-state index in [4.69, 9.17) is 9.84 Å². The van der Waals surface area contributed by atoms with Crippen LogP contribution in [-0.2, 0) is 0 Å². The standard InChI is InChI=1S/C24H24O4/c1-2-23(17-7-13-22(14-8-17)28-16-15-25)24(18-3-9-20(26)10-4-18)19-5-11-21(27)12-6-19/h3-14,25-27H,2,15-16H2,1H3. The highest BCUT2D eigenvalue weighted by Gasteiger charge is 2.13. The van der Waals surface area contributed by atoms with Crippen molar-refractivity contribution in [3.8, 4) is 17.2 Å². The fourth-order valence-corrected chi connectivity index (χ4v) is 3.21. The van der Waals surface area contributed by atoms with E-state index in [-0.39, 0.29) is 24.7 Å². The third-order valence-electron chi connectivity index (χ3n) is 4.53. The molecule has 0 unspecified atom stereocenters. The van der Waals surface area contributed by atoms with Gasteiger partial charge in [0.25, 0.3) is 0 Å². The second kappa shape index (κ2) is 9.11. The number of hydrogen-bond donors (Lipinski definition) is 3. The number of rotatable bonds is 7. The summed E-state index contributed by atoms with van der Waals surface area (Å²) in [5.41, 5.74) is 5.23. The first-order valence-electron chi connectivity index (χ1n) is 9.28. The lowest BCUT2D eigenvalue weighted by atomic mass is 9.88. The Bertz CT molecular complexity index is 876. The predicted octanol–water partition coefficient (Wildman–Crippen LogP) is 4.84. The zero-order valence-electron chi connectivity index (χ0n) is 15.8. The molecule has 0 fully saturated rings. The van der Waals surface area contributed by atoms with Crippen LogP contribution in [0.1, 0.15) is 30.0 Å². The zero-order chi connectivity index (χ0) is 19.9. The first kappa shape index (κ1) is 19.5. The molecule has 3 aromatic carbocycles. The van der Waals surface area contributed by atoms with Crippen molar-refractivity contribution in [2.75, 3.05) is 13.2 Å². The smallest absolute Gasteiger partial charge is 0.119 e. The first-order valence-corrected chi connectivity index (χ1v) is 9.28. The minimum atomic E-state index is -0.0201. The molecule has 0 atom stereocenters. The molecule has 0 radical (unpaired) electrons. The molecule has 0 heterocycles. The van der Waals surface area contributed by atoms with Crippen LogP contribution >= 0.6 is 0 Å². The van der Waals surface area contributed by atoms with Gasteiger partial charge in [0.05, 0.1) is 6.61 Å². The largest absolute Gasteiger partial charge is 0.508 e. The maximum Gasteiger partial charge on any atom is 0.119 e. The molecular formula is C24H24O4. The van der Waals surface area contributed by atoms with Crippen LogP contribution in [0.15, 0.2) is 72.8 Å². The van der Waals surface area contributed by atoms with Gasteiger partial charge in [-0.3, -0.25) is 0 Å². The minimum absolute atomic E-state index is 0.0201. The molecule has 4 nitrogen and oxygen atoms in total. The van der Waals surface area contributed by atoms with Crippen LogP contribution in [0.25, 0.3) is 11.1 Å². The van der Waals surface area contributed by atoms with Gasteiger partial charge in [0.15, 0.2) is 0 Å². The lowest BCUT2D eigenvalue weighted by Crippen LogP contribution is -2.01. The number of phenols is 2. The van der Waals surface area contributed by atoms with Crippen LogP contribution in [-0.4, -0.2) is 28.5 Å². The van der Waals surface area contributed by atoms with E-state index in [0.29, 0.717) is 5.75 Å². The van der Waals surface area contributed by atoms with Gasteiger partial charge >= 0.3 is 0 Å². The molecule has 0 aliphatic heterocycles. The second-order valence-electron chi connectivity index (χ2n) is 6.40. The summed E-state index contributed by atoms with van der Waals surface area (Å²) in [5, 5.41) is 28.3. The summed E-state index contributed by atoms with van der Waals surface area (Å²) >= 11 is 0. The fraction of sp³-hybridized carbons (Fsp3) is 0.167. The molecule has 0 aliphatic carbocycles. The molecule has 144 valence electrons. The van der Waals surface area contributed by atoms with Crippen LogP contribution < -0.4 is 4.74 Å². The topological polar surface area (TPSA) is 69.9 Å². The van der Waals surface area contributed by atoms with Gasteiger partial charge in [0.2, 0.25) is 0 Å². The average molecular weight is 376 g/mol. The fourth-order valence-electron chi connectivity index (χ4n) is 3.21. The van der Waals surface area contributed by atoms with E-state index < -0.39 is 0 Å². The van der Waals surface area contributed by atoms with Crippen LogP contribution in [0.4, 0.5) is 0 Å². The van der Waals surface area contributed by atoms with Crippen molar-refractivity contribution in [3.63, 3.8) is 0 Å². The van der Waals surface area contributed by atoms with Gasteiger partial charge in [-0.05, 0) is 70.7 Å². The molecule has 0 saturated heterocycles. The first-order chi connectivity index (χ1) is 13.6. The number of hydrogen-bond acceptors (Lipinski definition) is 4. The van der Waals surface area contributed by atoms with Crippen molar-refractivity contribution in [2.24, 2.45) is 0 Å². The highest BCUT2D eigenvalue weighted by Crippen LogP contribution is 2.36. The van der Waals surface area contributed by atoms with Crippen molar-refractivity contribution < 1.29 is 20.1 Å². The Morgan fingerprint density at radius 1 is 0.714 bits per heavy atom. The SMILES string of the molecule is CCC(=C(c1ccc(O)cc1)c1ccc(O)cc1)c1ccc(OCCO)cc1. The Morgan fingerprint density at radius 3 is 1.61 bits per heavy atom. The number of aliphatic hydroxyl groups is 1. The summed E-state index contributed by atoms with van der Waals surface area (Å²) in [7, 11) is 0. The van der Waals surface area contributed by atoms with E-state index in [9.17, 15) is 10.2 Å². The van der Waals surface area contributed by atoms with Crippen molar-refractivity contribution >= 4 is 11.1 Å². The molecule has 3 aromatic rings. The van der Waals surface area contributed by atoms with Crippen molar-refractivity contribution in [3.05, 3.63) is 89.5 Å². The van der Waals surface area contributed by atoms with E-state index >= 15 is 0 Å². The Kier molecular flexibility index (Phi) is 6.35. The molecule has 0 aliphatic rings. The Hall–Kier alpha value is -3.24. The summed E-state index contributed by atoms with van der Waals surface area (Å²) < 4.78 is 5.46. The van der Waals surface area contributed by atoms with Crippen LogP contribution in [0, 0.1) is 0 Å². The molecule has 0 saturated carbocycles. The van der Waals surface area contributed by atoms with Crippen molar-refractivity contribution in [1.82, 2.24) is 0 Å². The van der Waals surface area contributed by atoms with Crippen LogP contribution in [0.5, 0.6) is 17.2 Å². The molecule has 0 amide bonds. The summed E-state index contributed by atoms with van der Waals surface area (Å²) in [6.45, 7) is 2.35. The van der Waals surface area contributed by atoms with E-state index in [0.717, 1.165) is 34.3 Å². The zero-order valence-corrected chi connectivity index (χ0v) is 15.8. The van der Waals surface area contributed by atoms with Gasteiger partial charge in [-0.15, -0.1) is 0 Å². The van der Waals surface area contributed by atoms with Crippen molar-refractivity contribution in [2.45, 2.75) is 13.3 Å². The minimum Gasteiger partial charge on any atom is -0.508 e. The van der Waals surface area contributed by atoms with E-state index in [2.05, 4.69) is 6.92 Å². The lowest BCUT2D eigenvalue weighted by molar-refractivity contribution is 0.201. The van der Waals surface area contributed by atoms with Gasteiger partial charge in [0, 0.05) is 0 Å². The molecule has 3 N–H and O–H groups in total. The van der Waals surface area contributed by atoms with E-state index in [1.165, 1.54) is 0 Å². The molecule has 0 bridgehead atoms. The Balaban J connectivity index is 2.12. The average Bonchev–Trinajstić information content (AvgIpc) is 2.73. The molecular weight excluding hydrogens is 352 g/mol.